The lowest BCUT2D eigenvalue weighted by Gasteiger charge is -1.91. The molecule has 3 aromatic rings. The molecule has 3 rings (SSSR count). The summed E-state index contributed by atoms with van der Waals surface area (Å²) in [5, 5.41) is 0.828. The lowest BCUT2D eigenvalue weighted by Crippen LogP contribution is -1.77. The van der Waals surface area contributed by atoms with Crippen LogP contribution < -0.4 is 5.73 Å². The summed E-state index contributed by atoms with van der Waals surface area (Å²) >= 11 is 1.57. The van der Waals surface area contributed by atoms with E-state index < -0.39 is 0 Å². The molecule has 0 atom stereocenters. The average Bonchev–Trinajstić information content (AvgIpc) is 2.82. The second kappa shape index (κ2) is 3.60. The van der Waals surface area contributed by atoms with Crippen molar-refractivity contribution in [3.63, 3.8) is 0 Å². The van der Waals surface area contributed by atoms with Gasteiger partial charge in [0, 0.05) is 0 Å². The molecule has 0 fully saturated rings. The van der Waals surface area contributed by atoms with Gasteiger partial charge in [0.15, 0.2) is 0 Å². The number of hydrogen-bond donors (Lipinski definition) is 2. The molecular weight excluding hydrogens is 230 g/mol. The zero-order valence-electron chi connectivity index (χ0n) is 9.74. The number of rotatable bonds is 1. The SMILES string of the molecule is Cc1cc(N)sc1-c1nc2c(C)cccc2[nH]1. The van der Waals surface area contributed by atoms with Crippen molar-refractivity contribution in [3.8, 4) is 10.7 Å². The molecule has 0 spiro atoms. The van der Waals surface area contributed by atoms with Gasteiger partial charge in [-0.1, -0.05) is 12.1 Å². The number of fused-ring (bicyclic) bond motifs is 1. The Morgan fingerprint density at radius 1 is 1.24 bits per heavy atom. The van der Waals surface area contributed by atoms with Crippen LogP contribution in [0.3, 0.4) is 0 Å². The Morgan fingerprint density at radius 2 is 2.06 bits per heavy atom. The van der Waals surface area contributed by atoms with E-state index in [4.69, 9.17) is 5.73 Å². The number of aromatic nitrogens is 2. The molecule has 3 nitrogen and oxygen atoms in total. The molecule has 0 bridgehead atoms. The molecule has 0 saturated carbocycles. The van der Waals surface area contributed by atoms with Crippen LogP contribution >= 0.6 is 11.3 Å². The average molecular weight is 243 g/mol. The van der Waals surface area contributed by atoms with E-state index in [2.05, 4.69) is 29.9 Å². The minimum absolute atomic E-state index is 0.828. The zero-order chi connectivity index (χ0) is 12.0. The van der Waals surface area contributed by atoms with Gasteiger partial charge in [0.25, 0.3) is 0 Å². The maximum Gasteiger partial charge on any atom is 0.148 e. The van der Waals surface area contributed by atoms with Crippen LogP contribution in [0, 0.1) is 13.8 Å². The fraction of sp³-hybridized carbons (Fsp3) is 0.154. The molecule has 0 aliphatic heterocycles. The van der Waals surface area contributed by atoms with Crippen LogP contribution in [0.5, 0.6) is 0 Å². The predicted octanol–water partition coefficient (Wildman–Crippen LogP) is 3.49. The van der Waals surface area contributed by atoms with Crippen molar-refractivity contribution in [1.82, 2.24) is 9.97 Å². The Labute approximate surface area is 103 Å². The third-order valence-corrected chi connectivity index (χ3v) is 3.94. The molecule has 2 heterocycles. The van der Waals surface area contributed by atoms with Crippen LogP contribution in [0.25, 0.3) is 21.7 Å². The summed E-state index contributed by atoms with van der Waals surface area (Å²) in [6.07, 6.45) is 0. The van der Waals surface area contributed by atoms with Gasteiger partial charge < -0.3 is 10.7 Å². The Kier molecular flexibility index (Phi) is 2.19. The molecule has 0 unspecified atom stereocenters. The van der Waals surface area contributed by atoms with Crippen LogP contribution in [0.2, 0.25) is 0 Å². The molecule has 17 heavy (non-hydrogen) atoms. The summed E-state index contributed by atoms with van der Waals surface area (Å²) in [5.74, 6) is 0.911. The Morgan fingerprint density at radius 3 is 2.71 bits per heavy atom. The van der Waals surface area contributed by atoms with E-state index in [1.54, 1.807) is 11.3 Å². The van der Waals surface area contributed by atoms with Gasteiger partial charge >= 0.3 is 0 Å². The van der Waals surface area contributed by atoms with Crippen LogP contribution in [-0.2, 0) is 0 Å². The standard InChI is InChI=1S/C13H13N3S/c1-7-4-3-5-9-11(7)16-13(15-9)12-8(2)6-10(14)17-12/h3-6H,14H2,1-2H3,(H,15,16). The third-order valence-electron chi connectivity index (χ3n) is 2.87. The number of hydrogen-bond acceptors (Lipinski definition) is 3. The largest absolute Gasteiger partial charge is 0.391 e. The summed E-state index contributed by atoms with van der Waals surface area (Å²) in [4.78, 5) is 9.13. The topological polar surface area (TPSA) is 54.7 Å². The molecule has 0 aliphatic carbocycles. The fourth-order valence-electron chi connectivity index (χ4n) is 2.02. The number of benzene rings is 1. The smallest absolute Gasteiger partial charge is 0.148 e. The molecule has 1 aromatic carbocycles. The van der Waals surface area contributed by atoms with E-state index in [9.17, 15) is 0 Å². The molecular formula is C13H13N3S. The second-order valence-electron chi connectivity index (χ2n) is 4.22. The van der Waals surface area contributed by atoms with Crippen molar-refractivity contribution in [2.75, 3.05) is 5.73 Å². The van der Waals surface area contributed by atoms with Crippen LogP contribution in [-0.4, -0.2) is 9.97 Å². The van der Waals surface area contributed by atoms with Gasteiger partial charge in [0.1, 0.15) is 5.82 Å². The monoisotopic (exact) mass is 243 g/mol. The number of para-hydroxylation sites is 1. The van der Waals surface area contributed by atoms with E-state index >= 15 is 0 Å². The first-order valence-corrected chi connectivity index (χ1v) is 6.28. The van der Waals surface area contributed by atoms with Gasteiger partial charge in [-0.2, -0.15) is 0 Å². The Balaban J connectivity index is 2.25. The first-order chi connectivity index (χ1) is 8.15. The number of nitrogens with zero attached hydrogens (tertiary/aromatic N) is 1. The quantitative estimate of drug-likeness (QED) is 0.687. The zero-order valence-corrected chi connectivity index (χ0v) is 10.6. The maximum atomic E-state index is 5.82. The first-order valence-electron chi connectivity index (χ1n) is 5.47. The van der Waals surface area contributed by atoms with Crippen molar-refractivity contribution < 1.29 is 0 Å². The van der Waals surface area contributed by atoms with Crippen LogP contribution in [0.1, 0.15) is 11.1 Å². The van der Waals surface area contributed by atoms with Gasteiger partial charge in [-0.25, -0.2) is 4.98 Å². The number of aryl methyl sites for hydroxylation is 2. The normalized spacial score (nSPS) is 11.2. The number of nitrogen functional groups attached to an aromatic ring is 1. The summed E-state index contributed by atoms with van der Waals surface area (Å²) < 4.78 is 0. The first kappa shape index (κ1) is 10.4. The molecule has 4 heteroatoms. The van der Waals surface area contributed by atoms with E-state index in [0.717, 1.165) is 26.7 Å². The highest BCUT2D eigenvalue weighted by molar-refractivity contribution is 7.19. The number of H-pyrrole nitrogens is 1. The van der Waals surface area contributed by atoms with E-state index in [1.807, 2.05) is 18.2 Å². The number of thiophene rings is 1. The van der Waals surface area contributed by atoms with E-state index in [-0.39, 0.29) is 0 Å². The highest BCUT2D eigenvalue weighted by Gasteiger charge is 2.11. The summed E-state index contributed by atoms with van der Waals surface area (Å²) in [5.41, 5.74) is 10.3. The van der Waals surface area contributed by atoms with Crippen molar-refractivity contribution in [2.24, 2.45) is 0 Å². The summed E-state index contributed by atoms with van der Waals surface area (Å²) in [6, 6.07) is 8.14. The van der Waals surface area contributed by atoms with Crippen molar-refractivity contribution in [2.45, 2.75) is 13.8 Å². The molecule has 0 radical (unpaired) electrons. The number of anilines is 1. The minimum atomic E-state index is 0.828. The molecule has 0 saturated heterocycles. The Hall–Kier alpha value is -1.81. The Bertz CT molecular complexity index is 694. The fourth-order valence-corrected chi connectivity index (χ4v) is 2.91. The number of imidazole rings is 1. The summed E-state index contributed by atoms with van der Waals surface area (Å²) in [6.45, 7) is 4.13. The highest BCUT2D eigenvalue weighted by atomic mass is 32.1. The lowest BCUT2D eigenvalue weighted by atomic mass is 10.2. The molecule has 0 aliphatic rings. The number of aromatic amines is 1. The highest BCUT2D eigenvalue weighted by Crippen LogP contribution is 2.33. The van der Waals surface area contributed by atoms with Crippen LogP contribution in [0.4, 0.5) is 5.00 Å². The lowest BCUT2D eigenvalue weighted by molar-refractivity contribution is 1.33. The van der Waals surface area contributed by atoms with Crippen molar-refractivity contribution >= 4 is 27.4 Å². The van der Waals surface area contributed by atoms with E-state index in [0.29, 0.717) is 0 Å². The maximum absolute atomic E-state index is 5.82. The van der Waals surface area contributed by atoms with Gasteiger partial charge in [-0.15, -0.1) is 11.3 Å². The van der Waals surface area contributed by atoms with Gasteiger partial charge in [0.2, 0.25) is 0 Å². The minimum Gasteiger partial charge on any atom is -0.391 e. The molecule has 3 N–H and O–H groups in total. The number of nitrogens with one attached hydrogen (secondary N) is 1. The summed E-state index contributed by atoms with van der Waals surface area (Å²) in [7, 11) is 0. The van der Waals surface area contributed by atoms with Crippen molar-refractivity contribution in [3.05, 3.63) is 35.4 Å². The van der Waals surface area contributed by atoms with Gasteiger partial charge in [0.05, 0.1) is 20.9 Å². The number of nitrogens with two attached hydrogens (primary N) is 1. The predicted molar refractivity (Wildman–Crippen MR) is 73.3 cm³/mol. The molecule has 0 amide bonds. The van der Waals surface area contributed by atoms with E-state index in [1.165, 1.54) is 11.1 Å². The third kappa shape index (κ3) is 1.61. The van der Waals surface area contributed by atoms with Gasteiger partial charge in [-0.05, 0) is 37.1 Å². The molecule has 86 valence electrons. The van der Waals surface area contributed by atoms with Crippen molar-refractivity contribution in [1.29, 1.82) is 0 Å². The van der Waals surface area contributed by atoms with Gasteiger partial charge in [-0.3, -0.25) is 0 Å². The van der Waals surface area contributed by atoms with Crippen LogP contribution in [0.15, 0.2) is 24.3 Å². The second-order valence-corrected chi connectivity index (χ2v) is 5.30. The molecule has 2 aromatic heterocycles.